The SMILES string of the molecule is CC1CN(C)CCC1Nc1nncs1. The molecule has 0 spiro atoms. The van der Waals surface area contributed by atoms with Crippen molar-refractivity contribution in [3.63, 3.8) is 0 Å². The zero-order valence-corrected chi connectivity index (χ0v) is 9.42. The van der Waals surface area contributed by atoms with Crippen molar-refractivity contribution in [1.82, 2.24) is 15.1 Å². The second-order valence-corrected chi connectivity index (χ2v) is 4.86. The molecule has 1 aromatic rings. The third-order valence-corrected chi connectivity index (χ3v) is 3.40. The maximum atomic E-state index is 4.01. The quantitative estimate of drug-likeness (QED) is 0.802. The van der Waals surface area contributed by atoms with Crippen LogP contribution in [-0.4, -0.2) is 41.3 Å². The number of piperidine rings is 1. The summed E-state index contributed by atoms with van der Waals surface area (Å²) in [7, 11) is 2.18. The zero-order valence-electron chi connectivity index (χ0n) is 8.60. The monoisotopic (exact) mass is 212 g/mol. The van der Waals surface area contributed by atoms with Gasteiger partial charge in [-0.05, 0) is 25.9 Å². The number of aromatic nitrogens is 2. The van der Waals surface area contributed by atoms with E-state index in [0.29, 0.717) is 12.0 Å². The van der Waals surface area contributed by atoms with Gasteiger partial charge >= 0.3 is 0 Å². The summed E-state index contributed by atoms with van der Waals surface area (Å²) >= 11 is 1.57. The summed E-state index contributed by atoms with van der Waals surface area (Å²) in [5.74, 6) is 0.678. The van der Waals surface area contributed by atoms with Crippen LogP contribution in [0.15, 0.2) is 5.51 Å². The Morgan fingerprint density at radius 1 is 1.64 bits per heavy atom. The normalized spacial score (nSPS) is 29.0. The van der Waals surface area contributed by atoms with Crippen LogP contribution in [0.5, 0.6) is 0 Å². The highest BCUT2D eigenvalue weighted by molar-refractivity contribution is 7.13. The summed E-state index contributed by atoms with van der Waals surface area (Å²) in [5.41, 5.74) is 1.77. The summed E-state index contributed by atoms with van der Waals surface area (Å²) in [5, 5.41) is 12.2. The molecular formula is C9H16N4S. The third kappa shape index (κ3) is 2.22. The predicted molar refractivity (Wildman–Crippen MR) is 58.6 cm³/mol. The molecule has 2 heterocycles. The molecule has 0 aromatic carbocycles. The molecule has 1 saturated heterocycles. The van der Waals surface area contributed by atoms with Crippen molar-refractivity contribution >= 4 is 16.5 Å². The molecule has 2 rings (SSSR count). The van der Waals surface area contributed by atoms with Gasteiger partial charge in [0.1, 0.15) is 5.51 Å². The van der Waals surface area contributed by atoms with Crippen LogP contribution in [0.25, 0.3) is 0 Å². The van der Waals surface area contributed by atoms with E-state index in [-0.39, 0.29) is 0 Å². The lowest BCUT2D eigenvalue weighted by atomic mass is 9.94. The molecule has 0 radical (unpaired) electrons. The Morgan fingerprint density at radius 3 is 3.14 bits per heavy atom. The molecule has 4 nitrogen and oxygen atoms in total. The van der Waals surface area contributed by atoms with Gasteiger partial charge in [0.05, 0.1) is 0 Å². The van der Waals surface area contributed by atoms with E-state index in [9.17, 15) is 0 Å². The van der Waals surface area contributed by atoms with Crippen LogP contribution in [0.4, 0.5) is 5.13 Å². The van der Waals surface area contributed by atoms with Crippen LogP contribution in [0.1, 0.15) is 13.3 Å². The molecule has 0 saturated carbocycles. The average Bonchev–Trinajstić information content (AvgIpc) is 2.62. The van der Waals surface area contributed by atoms with Crippen molar-refractivity contribution in [3.05, 3.63) is 5.51 Å². The summed E-state index contributed by atoms with van der Waals surface area (Å²) in [6, 6.07) is 0.555. The smallest absolute Gasteiger partial charge is 0.205 e. The maximum Gasteiger partial charge on any atom is 0.205 e. The molecule has 0 amide bonds. The molecule has 5 heteroatoms. The predicted octanol–water partition coefficient (Wildman–Crippen LogP) is 1.29. The van der Waals surface area contributed by atoms with Crippen LogP contribution in [0.2, 0.25) is 0 Å². The first-order chi connectivity index (χ1) is 6.75. The minimum absolute atomic E-state index is 0.555. The van der Waals surface area contributed by atoms with Gasteiger partial charge in [0.2, 0.25) is 5.13 Å². The molecule has 1 aliphatic rings. The summed E-state index contributed by atoms with van der Waals surface area (Å²) < 4.78 is 0. The van der Waals surface area contributed by atoms with E-state index >= 15 is 0 Å². The fourth-order valence-electron chi connectivity index (χ4n) is 1.96. The Bertz CT molecular complexity index is 274. The molecule has 78 valence electrons. The van der Waals surface area contributed by atoms with Gasteiger partial charge in [-0.25, -0.2) is 0 Å². The first kappa shape index (κ1) is 9.86. The van der Waals surface area contributed by atoms with Gasteiger partial charge in [0, 0.05) is 12.6 Å². The topological polar surface area (TPSA) is 41.0 Å². The zero-order chi connectivity index (χ0) is 9.97. The van der Waals surface area contributed by atoms with Crippen molar-refractivity contribution in [2.24, 2.45) is 5.92 Å². The van der Waals surface area contributed by atoms with Gasteiger partial charge in [0.15, 0.2) is 0 Å². The largest absolute Gasteiger partial charge is 0.357 e. The second kappa shape index (κ2) is 4.23. The minimum Gasteiger partial charge on any atom is -0.357 e. The Hall–Kier alpha value is -0.680. The van der Waals surface area contributed by atoms with Gasteiger partial charge < -0.3 is 10.2 Å². The van der Waals surface area contributed by atoms with Crippen LogP contribution in [-0.2, 0) is 0 Å². The molecule has 0 bridgehead atoms. The number of rotatable bonds is 2. The molecule has 0 aliphatic carbocycles. The standard InChI is InChI=1S/C9H16N4S/c1-7-5-13(2)4-3-8(7)11-9-12-10-6-14-9/h6-8H,3-5H2,1-2H3,(H,11,12). The Balaban J connectivity index is 1.92. The van der Waals surface area contributed by atoms with Crippen LogP contribution in [0, 0.1) is 5.92 Å². The van der Waals surface area contributed by atoms with E-state index in [1.165, 1.54) is 13.0 Å². The van der Waals surface area contributed by atoms with E-state index in [4.69, 9.17) is 0 Å². The fraction of sp³-hybridized carbons (Fsp3) is 0.778. The molecule has 2 unspecified atom stereocenters. The highest BCUT2D eigenvalue weighted by Gasteiger charge is 2.24. The van der Waals surface area contributed by atoms with Crippen molar-refractivity contribution in [1.29, 1.82) is 0 Å². The molecule has 1 aromatic heterocycles. The average molecular weight is 212 g/mol. The molecule has 1 N–H and O–H groups in total. The lowest BCUT2D eigenvalue weighted by molar-refractivity contribution is 0.206. The highest BCUT2D eigenvalue weighted by Crippen LogP contribution is 2.20. The van der Waals surface area contributed by atoms with E-state index < -0.39 is 0 Å². The molecule has 1 fully saturated rings. The molecule has 14 heavy (non-hydrogen) atoms. The number of nitrogens with zero attached hydrogens (tertiary/aromatic N) is 3. The number of hydrogen-bond donors (Lipinski definition) is 1. The van der Waals surface area contributed by atoms with Crippen molar-refractivity contribution in [3.8, 4) is 0 Å². The van der Waals surface area contributed by atoms with Crippen molar-refractivity contribution in [2.45, 2.75) is 19.4 Å². The first-order valence-electron chi connectivity index (χ1n) is 4.97. The number of nitrogens with one attached hydrogen (secondary N) is 1. The molecule has 1 aliphatic heterocycles. The van der Waals surface area contributed by atoms with Gasteiger partial charge in [-0.1, -0.05) is 18.3 Å². The lowest BCUT2D eigenvalue weighted by Crippen LogP contribution is -2.43. The van der Waals surface area contributed by atoms with Crippen molar-refractivity contribution < 1.29 is 0 Å². The van der Waals surface area contributed by atoms with E-state index in [2.05, 4.69) is 34.4 Å². The third-order valence-electron chi connectivity index (χ3n) is 2.78. The van der Waals surface area contributed by atoms with Gasteiger partial charge in [-0.15, -0.1) is 10.2 Å². The highest BCUT2D eigenvalue weighted by atomic mass is 32.1. The van der Waals surface area contributed by atoms with E-state index in [0.717, 1.165) is 11.7 Å². The lowest BCUT2D eigenvalue weighted by Gasteiger charge is -2.34. The fourth-order valence-corrected chi connectivity index (χ4v) is 2.47. The Morgan fingerprint density at radius 2 is 2.50 bits per heavy atom. The van der Waals surface area contributed by atoms with E-state index in [1.54, 1.807) is 16.8 Å². The van der Waals surface area contributed by atoms with Crippen molar-refractivity contribution in [2.75, 3.05) is 25.5 Å². The van der Waals surface area contributed by atoms with Crippen LogP contribution in [0.3, 0.4) is 0 Å². The summed E-state index contributed by atoms with van der Waals surface area (Å²) in [4.78, 5) is 2.38. The number of likely N-dealkylation sites (tertiary alicyclic amines) is 1. The molecular weight excluding hydrogens is 196 g/mol. The molecule has 2 atom stereocenters. The summed E-state index contributed by atoms with van der Waals surface area (Å²) in [6.07, 6.45) is 1.19. The first-order valence-corrected chi connectivity index (χ1v) is 5.85. The van der Waals surface area contributed by atoms with Crippen LogP contribution >= 0.6 is 11.3 Å². The second-order valence-electron chi connectivity index (χ2n) is 4.02. The summed E-state index contributed by atoms with van der Waals surface area (Å²) in [6.45, 7) is 4.62. The van der Waals surface area contributed by atoms with Gasteiger partial charge in [-0.3, -0.25) is 0 Å². The number of hydrogen-bond acceptors (Lipinski definition) is 5. The maximum absolute atomic E-state index is 4.01. The number of anilines is 1. The van der Waals surface area contributed by atoms with Gasteiger partial charge in [0.25, 0.3) is 0 Å². The Kier molecular flexibility index (Phi) is 2.98. The van der Waals surface area contributed by atoms with Crippen LogP contribution < -0.4 is 5.32 Å². The Labute approximate surface area is 88.3 Å². The minimum atomic E-state index is 0.555. The van der Waals surface area contributed by atoms with E-state index in [1.807, 2.05) is 0 Å². The van der Waals surface area contributed by atoms with Gasteiger partial charge in [-0.2, -0.15) is 0 Å².